The number of nitrogens with two attached hydrogens (primary N) is 1. The van der Waals surface area contributed by atoms with Crippen LogP contribution in [0.5, 0.6) is 0 Å². The van der Waals surface area contributed by atoms with Gasteiger partial charge in [-0.1, -0.05) is 67.0 Å². The molecule has 5 heteroatoms. The summed E-state index contributed by atoms with van der Waals surface area (Å²) in [5.41, 5.74) is 10.4. The summed E-state index contributed by atoms with van der Waals surface area (Å²) in [5.74, 6) is 0. The van der Waals surface area contributed by atoms with Crippen LogP contribution in [0.25, 0.3) is 11.1 Å². The minimum atomic E-state index is -0.922. The summed E-state index contributed by atoms with van der Waals surface area (Å²) in [4.78, 5) is 4.95. The molecular weight excluding hydrogens is 340 g/mol. The fourth-order valence-corrected chi connectivity index (χ4v) is 2.91. The monoisotopic (exact) mass is 370 g/mol. The fourth-order valence-electron chi connectivity index (χ4n) is 2.91. The Hall–Kier alpha value is -2.21. The Morgan fingerprint density at radius 2 is 1.56 bits per heavy atom. The summed E-state index contributed by atoms with van der Waals surface area (Å²) in [6, 6.07) is 16.6. The van der Waals surface area contributed by atoms with E-state index in [1.165, 1.54) is 0 Å². The van der Waals surface area contributed by atoms with Gasteiger partial charge in [-0.05, 0) is 41.5 Å². The highest BCUT2D eigenvalue weighted by atomic mass is 16.6. The highest BCUT2D eigenvalue weighted by Gasteiger charge is 2.22. The molecule has 2 aromatic carbocycles. The summed E-state index contributed by atoms with van der Waals surface area (Å²) >= 11 is 0. The van der Waals surface area contributed by atoms with Gasteiger partial charge in [0.05, 0.1) is 24.5 Å². The molecule has 0 saturated heterocycles. The molecular formula is C22H30N2O3. The highest BCUT2D eigenvalue weighted by Crippen LogP contribution is 2.22. The predicted octanol–water partition coefficient (Wildman–Crippen LogP) is 3.12. The Balaban J connectivity index is 2.07. The largest absolute Gasteiger partial charge is 0.399 e. The van der Waals surface area contributed by atoms with Gasteiger partial charge in [-0.15, -0.1) is 0 Å². The molecule has 0 unspecified atom stereocenters. The molecule has 0 aliphatic heterocycles. The van der Waals surface area contributed by atoms with Crippen LogP contribution in [0.4, 0.5) is 0 Å². The van der Waals surface area contributed by atoms with Gasteiger partial charge in [0.1, 0.15) is 7.11 Å². The van der Waals surface area contributed by atoms with E-state index in [4.69, 9.17) is 10.6 Å². The van der Waals surface area contributed by atoms with Crippen LogP contribution in [-0.2, 0) is 11.3 Å². The van der Waals surface area contributed by atoms with E-state index in [1.807, 2.05) is 0 Å². The third kappa shape index (κ3) is 5.89. The van der Waals surface area contributed by atoms with Gasteiger partial charge in [-0.2, -0.15) is 0 Å². The van der Waals surface area contributed by atoms with Gasteiger partial charge in [-0.3, -0.25) is 0 Å². The van der Waals surface area contributed by atoms with Crippen molar-refractivity contribution in [1.29, 1.82) is 0 Å². The van der Waals surface area contributed by atoms with Crippen molar-refractivity contribution in [3.05, 3.63) is 59.7 Å². The second kappa shape index (κ2) is 10.2. The summed E-state index contributed by atoms with van der Waals surface area (Å²) in [6.45, 7) is 1.68. The van der Waals surface area contributed by atoms with E-state index in [1.54, 1.807) is 7.11 Å². The molecule has 0 amide bonds. The predicted molar refractivity (Wildman–Crippen MR) is 110 cm³/mol. The van der Waals surface area contributed by atoms with Crippen LogP contribution >= 0.6 is 0 Å². The van der Waals surface area contributed by atoms with Gasteiger partial charge in [0.15, 0.2) is 0 Å². The number of aliphatic hydroxyl groups is 2. The van der Waals surface area contributed by atoms with E-state index in [-0.39, 0.29) is 13.2 Å². The molecule has 2 aromatic rings. The zero-order chi connectivity index (χ0) is 19.7. The molecule has 4 N–H and O–H groups in total. The molecule has 0 bridgehead atoms. The Morgan fingerprint density at radius 3 is 2.04 bits per heavy atom. The van der Waals surface area contributed by atoms with Crippen molar-refractivity contribution in [3.8, 4) is 11.1 Å². The lowest BCUT2D eigenvalue weighted by Crippen LogP contribution is -2.47. The summed E-state index contributed by atoms with van der Waals surface area (Å²) < 4.78 is 0. The molecule has 0 heterocycles. The van der Waals surface area contributed by atoms with E-state index >= 15 is 0 Å². The van der Waals surface area contributed by atoms with E-state index < -0.39 is 5.54 Å². The maximum atomic E-state index is 9.28. The van der Waals surface area contributed by atoms with Crippen LogP contribution in [0.15, 0.2) is 53.7 Å². The third-order valence-electron chi connectivity index (χ3n) is 4.74. The minimum Gasteiger partial charge on any atom is -0.399 e. The lowest BCUT2D eigenvalue weighted by Gasteiger charge is -2.24. The number of nitrogens with zero attached hydrogens (tertiary/aromatic N) is 1. The van der Waals surface area contributed by atoms with Crippen molar-refractivity contribution in [2.24, 2.45) is 10.9 Å². The van der Waals surface area contributed by atoms with Crippen molar-refractivity contribution >= 4 is 5.71 Å². The third-order valence-corrected chi connectivity index (χ3v) is 4.74. The van der Waals surface area contributed by atoms with Crippen LogP contribution in [-0.4, -0.2) is 41.8 Å². The average molecular weight is 370 g/mol. The van der Waals surface area contributed by atoms with Gasteiger partial charge in [0.2, 0.25) is 0 Å². The van der Waals surface area contributed by atoms with Crippen LogP contribution in [0.1, 0.15) is 37.3 Å². The first-order chi connectivity index (χ1) is 13.0. The normalized spacial score (nSPS) is 12.3. The maximum Gasteiger partial charge on any atom is 0.106 e. The highest BCUT2D eigenvalue weighted by molar-refractivity contribution is 6.00. The van der Waals surface area contributed by atoms with Crippen molar-refractivity contribution in [2.75, 3.05) is 20.3 Å². The first-order valence-corrected chi connectivity index (χ1v) is 9.35. The second-order valence-corrected chi connectivity index (χ2v) is 6.92. The van der Waals surface area contributed by atoms with E-state index in [9.17, 15) is 10.2 Å². The number of oxime groups is 1. The Bertz CT molecular complexity index is 720. The van der Waals surface area contributed by atoms with Crippen LogP contribution < -0.4 is 5.73 Å². The molecule has 146 valence electrons. The Morgan fingerprint density at radius 1 is 1.00 bits per heavy atom. The minimum absolute atomic E-state index is 0.222. The van der Waals surface area contributed by atoms with Crippen molar-refractivity contribution < 1.29 is 15.1 Å². The zero-order valence-corrected chi connectivity index (χ0v) is 16.2. The number of hydrogen-bond donors (Lipinski definition) is 3. The molecule has 0 spiro atoms. The first-order valence-electron chi connectivity index (χ1n) is 9.35. The molecule has 0 fully saturated rings. The Labute approximate surface area is 161 Å². The summed E-state index contributed by atoms with van der Waals surface area (Å²) in [5, 5.41) is 22.7. The standard InChI is InChI=1S/C22H30N2O3/c1-3-4-21(24-27-2)20-11-9-19(10-12-20)18-7-5-17(6-8-18)13-14-22(23,15-25)16-26/h5-12,25-26H,3-4,13-16,23H2,1-2H3. The molecule has 27 heavy (non-hydrogen) atoms. The molecule has 0 aliphatic rings. The SMILES string of the molecule is CCCC(=NOC)c1ccc(-c2ccc(CCC(N)(CO)CO)cc2)cc1. The van der Waals surface area contributed by atoms with Crippen LogP contribution in [0, 0.1) is 0 Å². The Kier molecular flexibility index (Phi) is 7.98. The fraction of sp³-hybridized carbons (Fsp3) is 0.409. The lowest BCUT2D eigenvalue weighted by molar-refractivity contribution is 0.115. The van der Waals surface area contributed by atoms with Gasteiger partial charge < -0.3 is 20.8 Å². The summed E-state index contributed by atoms with van der Waals surface area (Å²) in [6.07, 6.45) is 3.14. The van der Waals surface area contributed by atoms with Gasteiger partial charge in [0, 0.05) is 0 Å². The van der Waals surface area contributed by atoms with Crippen molar-refractivity contribution in [1.82, 2.24) is 0 Å². The molecule has 0 aliphatic carbocycles. The number of rotatable bonds is 10. The second-order valence-electron chi connectivity index (χ2n) is 6.92. The first kappa shape index (κ1) is 21.1. The van der Waals surface area contributed by atoms with Gasteiger partial charge in [0.25, 0.3) is 0 Å². The quantitative estimate of drug-likeness (QED) is 0.443. The molecule has 5 nitrogen and oxygen atoms in total. The zero-order valence-electron chi connectivity index (χ0n) is 16.2. The lowest BCUT2D eigenvalue weighted by atomic mass is 9.93. The van der Waals surface area contributed by atoms with Gasteiger partial charge >= 0.3 is 0 Å². The van der Waals surface area contributed by atoms with Crippen molar-refractivity contribution in [3.63, 3.8) is 0 Å². The molecule has 0 aromatic heterocycles. The van der Waals surface area contributed by atoms with E-state index in [0.717, 1.165) is 40.8 Å². The summed E-state index contributed by atoms with van der Waals surface area (Å²) in [7, 11) is 1.57. The topological polar surface area (TPSA) is 88.1 Å². The van der Waals surface area contributed by atoms with E-state index in [0.29, 0.717) is 12.8 Å². The van der Waals surface area contributed by atoms with Gasteiger partial charge in [-0.25, -0.2) is 0 Å². The molecule has 2 rings (SSSR count). The number of benzene rings is 2. The smallest absolute Gasteiger partial charge is 0.106 e. The maximum absolute atomic E-state index is 9.28. The van der Waals surface area contributed by atoms with Crippen LogP contribution in [0.2, 0.25) is 0 Å². The molecule has 0 atom stereocenters. The molecule has 0 radical (unpaired) electrons. The average Bonchev–Trinajstić information content (AvgIpc) is 2.72. The number of aliphatic hydroxyl groups excluding tert-OH is 2. The molecule has 0 saturated carbocycles. The van der Waals surface area contributed by atoms with Crippen molar-refractivity contribution in [2.45, 2.75) is 38.1 Å². The van der Waals surface area contributed by atoms with Crippen LogP contribution in [0.3, 0.4) is 0 Å². The number of aryl methyl sites for hydroxylation is 1. The van der Waals surface area contributed by atoms with E-state index in [2.05, 4.69) is 60.6 Å². The number of hydrogen-bond acceptors (Lipinski definition) is 5.